The molecule has 1 fully saturated rings. The Morgan fingerprint density at radius 3 is 1.43 bits per heavy atom. The van der Waals surface area contributed by atoms with Crippen LogP contribution in [0, 0.1) is 74.0 Å². The molecule has 12 aromatic rings. The van der Waals surface area contributed by atoms with Gasteiger partial charge in [0, 0.05) is 109 Å². The summed E-state index contributed by atoms with van der Waals surface area (Å²) < 4.78 is 66.4. The quantitative estimate of drug-likeness (QED) is 0.00381. The number of nitro groups is 1. The fourth-order valence-electron chi connectivity index (χ4n) is 11.3. The highest BCUT2D eigenvalue weighted by molar-refractivity contribution is 14.1. The molecule has 1 saturated heterocycles. The van der Waals surface area contributed by atoms with Gasteiger partial charge in [0.25, 0.3) is 0 Å². The molecule has 1 aliphatic rings. The number of pyridine rings is 1. The summed E-state index contributed by atoms with van der Waals surface area (Å²) in [4.78, 5) is 73.7. The van der Waals surface area contributed by atoms with E-state index in [0.29, 0.717) is 39.5 Å². The molecule has 0 bridgehead atoms. The van der Waals surface area contributed by atoms with Crippen LogP contribution in [-0.2, 0) is 43.8 Å². The number of benzene rings is 8. The maximum Gasteiger partial charge on any atom is 0.495 e. The molecule has 130 heavy (non-hydrogen) atoms. The molecule has 41 heteroatoms. The van der Waals surface area contributed by atoms with Crippen LogP contribution in [0.15, 0.2) is 255 Å². The number of aromatic nitrogens is 7. The molecule has 2 unspecified atom stereocenters. The molecule has 13 rings (SSSR count). The lowest BCUT2D eigenvalue weighted by Gasteiger charge is -2.32. The summed E-state index contributed by atoms with van der Waals surface area (Å²) in [7, 11) is 2.82. The Hall–Kier alpha value is -8.94. The molecule has 2 amide bonds. The molecule has 11 N–H and O–H groups in total. The molecule has 1 radical (unpaired) electrons. The highest BCUT2D eigenvalue weighted by Gasteiger charge is 2.52. The normalized spacial score (nSPS) is 12.1. The molecular formula is C89H111B2Br4ClIN15O16PS. The number of rotatable bonds is 21. The van der Waals surface area contributed by atoms with Crippen LogP contribution in [-0.4, -0.2) is 133 Å². The number of carbonyl (C=O) groups excluding carboxylic acids is 1. The van der Waals surface area contributed by atoms with Crippen LogP contribution in [0.5, 0.6) is 0 Å². The van der Waals surface area contributed by atoms with Gasteiger partial charge in [-0.1, -0.05) is 165 Å². The van der Waals surface area contributed by atoms with E-state index in [2.05, 4.69) is 156 Å². The van der Waals surface area contributed by atoms with E-state index >= 15 is 0 Å². The van der Waals surface area contributed by atoms with Crippen molar-refractivity contribution >= 4 is 167 Å². The van der Waals surface area contributed by atoms with Crippen molar-refractivity contribution < 1.29 is 52.1 Å². The first-order valence-corrected chi connectivity index (χ1v) is 46.4. The molecule has 31 nitrogen and oxygen atoms in total. The first kappa shape index (κ1) is 112. The van der Waals surface area contributed by atoms with Gasteiger partial charge in [-0.3, -0.25) is 37.5 Å². The average Bonchev–Trinajstić information content (AvgIpc) is 1.61. The number of aryl methyl sites for hydroxylation is 3. The van der Waals surface area contributed by atoms with Gasteiger partial charge in [0.1, 0.15) is 12.6 Å². The van der Waals surface area contributed by atoms with Crippen LogP contribution < -0.4 is 50.4 Å². The minimum atomic E-state index is -2.08. The molecule has 1 aliphatic heterocycles. The van der Waals surface area contributed by atoms with Crippen LogP contribution in [0.2, 0.25) is 5.02 Å². The number of nitrogen functional groups attached to an aromatic ring is 2. The van der Waals surface area contributed by atoms with E-state index in [0.717, 1.165) is 96.5 Å². The molecule has 4 aromatic heterocycles. The van der Waals surface area contributed by atoms with Crippen LogP contribution >= 0.6 is 107 Å². The topological polar surface area (TPSA) is 414 Å². The molecular weight excluding hydrogens is 2100 g/mol. The maximum atomic E-state index is 13.1. The number of carbonyl (C=O) groups is 1. The monoisotopic (exact) mass is 2210 g/mol. The number of amides is 2. The summed E-state index contributed by atoms with van der Waals surface area (Å²) in [5.41, 5.74) is 30.3. The summed E-state index contributed by atoms with van der Waals surface area (Å²) in [6.07, 6.45) is 11.2. The van der Waals surface area contributed by atoms with E-state index in [1.165, 1.54) is 34.5 Å². The number of H-pyrrole nitrogens is 1. The molecule has 0 saturated carbocycles. The lowest BCUT2D eigenvalue weighted by Crippen LogP contribution is -2.41. The summed E-state index contributed by atoms with van der Waals surface area (Å²) in [5, 5.41) is 25.1. The molecule has 5 heterocycles. The number of imidazole rings is 3. The number of hydrogen-bond acceptors (Lipinski definition) is 19. The van der Waals surface area contributed by atoms with E-state index in [4.69, 9.17) is 73.1 Å². The van der Waals surface area contributed by atoms with Crippen LogP contribution in [0.4, 0.5) is 27.7 Å². The Bertz CT molecular complexity index is 5720. The number of urea groups is 1. The number of aromatic amines is 1. The Morgan fingerprint density at radius 1 is 0.638 bits per heavy atom. The van der Waals surface area contributed by atoms with Gasteiger partial charge in [-0.05, 0) is 270 Å². The third-order valence-electron chi connectivity index (χ3n) is 19.1. The zero-order valence-electron chi connectivity index (χ0n) is 75.9. The van der Waals surface area contributed by atoms with Gasteiger partial charge in [-0.15, -0.1) is 9.24 Å². The van der Waals surface area contributed by atoms with E-state index in [-0.39, 0.29) is 45.9 Å². The minimum Gasteiger partial charge on any atom is -0.399 e. The van der Waals surface area contributed by atoms with E-state index in [1.54, 1.807) is 60.0 Å². The van der Waals surface area contributed by atoms with Gasteiger partial charge in [0.05, 0.1) is 56.4 Å². The number of nitrogens with two attached hydrogens (primary N) is 3. The third kappa shape index (κ3) is 35.5. The van der Waals surface area contributed by atoms with Gasteiger partial charge in [0.2, 0.25) is 17.1 Å². The second kappa shape index (κ2) is 58.2. The van der Waals surface area contributed by atoms with Crippen molar-refractivity contribution in [3.63, 3.8) is 0 Å². The molecule has 0 spiro atoms. The summed E-state index contributed by atoms with van der Waals surface area (Å²) in [6, 6.07) is 54.3. The van der Waals surface area contributed by atoms with Crippen molar-refractivity contribution in [3.8, 4) is 28.4 Å². The largest absolute Gasteiger partial charge is 0.495 e. The second-order valence-corrected chi connectivity index (χ2v) is 34.3. The lowest BCUT2D eigenvalue weighted by molar-refractivity contribution is -0.384. The molecule has 2 atom stereocenters. The van der Waals surface area contributed by atoms with E-state index < -0.39 is 40.8 Å². The zero-order valence-corrected chi connectivity index (χ0v) is 86.1. The Balaban J connectivity index is 0.000000319. The van der Waals surface area contributed by atoms with Gasteiger partial charge >= 0.3 is 35.9 Å². The number of nitroso groups, excluding NO2 is 1. The van der Waals surface area contributed by atoms with Gasteiger partial charge < -0.3 is 61.1 Å². The van der Waals surface area contributed by atoms with Crippen molar-refractivity contribution in [2.75, 3.05) is 56.3 Å². The van der Waals surface area contributed by atoms with Crippen molar-refractivity contribution in [3.05, 3.63) is 331 Å². The van der Waals surface area contributed by atoms with Crippen molar-refractivity contribution in [2.24, 2.45) is 15.5 Å². The standard InChI is InChI=1S/C23H27BN2O3.C17H15BrN2O.C14H21BrN2O3.C10H9BrN2O.C7H8BrN.C7H7I.C6H15NO2.C5H4ClN3O2.BH3P.H2N2O4S/c1-16-10-12-18(13-11-16)25-14-15-26(21(25)27)20-9-7-8-19(17(20)2)24-28-22(3,4)23(5,6)29-24;1-12-6-8-14(9-7-12)19-10-11-20(17(19)21)16-5-3-4-15(18)13(16)2;1-4-19-13(20-5-2)9-16-14(18)17-12-8-6-7-11(15)10(12)3;1-7-8(11)3-2-4-9(7)13-6-5-12-10(13)14;1-5-6(8)3-2-4-7(5)9;1-6-2-4-7(8)5-3-6;1-3-8-6(5-7)9-4-2;6-3-1-2-8-5(7)4(3)9(10)11;1-2;3-1-2-7(5)6-4/h7-15H,1-6H3;3-11H,1-2H3;6-8,13H,4-5,9H2,1-3H3,(H2,16,17,18);2-6H,1H3,(H,12,14);2-4H,9H2,1H3;2-5H,1H3;6H,3-5,7H2,1-2H3;1-2H,(H2,7,8);1H,2H2;4H,(H,2,3,5)/i;;;;;;;;1D;. The number of anilines is 3. The molecule has 0 aliphatic carbocycles. The lowest BCUT2D eigenvalue weighted by atomic mass is 9.76. The highest BCUT2D eigenvalue weighted by atomic mass is 127. The number of nitrogens with zero attached hydrogens (tertiary/aromatic N) is 9. The molecule has 8 aromatic carbocycles. The minimum absolute atomic E-state index is 0.00231. The first-order valence-electron chi connectivity index (χ1n) is 40.7. The predicted octanol–water partition coefficient (Wildman–Crippen LogP) is 19.6. The van der Waals surface area contributed by atoms with E-state index in [9.17, 15) is 29.3 Å². The average molecular weight is 2210 g/mol. The zero-order chi connectivity index (χ0) is 97.8. The number of ether oxygens (including phenoxy) is 4. The van der Waals surface area contributed by atoms with Crippen molar-refractivity contribution in [1.82, 2.24) is 38.1 Å². The molecule has 697 valence electrons. The van der Waals surface area contributed by atoms with Crippen molar-refractivity contribution in [1.29, 1.82) is 1.34 Å². The second-order valence-electron chi connectivity index (χ2n) is 28.5. The van der Waals surface area contributed by atoms with Crippen LogP contribution in [0.3, 0.4) is 0 Å². The van der Waals surface area contributed by atoms with Gasteiger partial charge in [0.15, 0.2) is 12.6 Å². The first-order chi connectivity index (χ1) is 62.2. The smallest absolute Gasteiger partial charge is 0.399 e. The number of nitrogens with one attached hydrogen (secondary N) is 3. The third-order valence-corrected chi connectivity index (χ3v) is 23.9. The van der Waals surface area contributed by atoms with Crippen LogP contribution in [0.25, 0.3) is 28.4 Å². The Labute approximate surface area is 817 Å². The van der Waals surface area contributed by atoms with Gasteiger partial charge in [-0.25, -0.2) is 29.4 Å². The van der Waals surface area contributed by atoms with Crippen LogP contribution in [0.1, 0.15) is 99.9 Å². The maximum absolute atomic E-state index is 13.1. The SMILES string of the molecule is CCOC(CN)OCC.CCOC(CNC(=O)Nc1cccc(Br)c1C)OCC.Cc1c(Br)cccc1-n1cc[nH]c1=O.Cc1c(N)cccc1Br.Cc1ccc(-n2ccn(-c3cccc(B4OC(C)(C)C(C)(C)O4)c3C)c2=O)cc1.Cc1ccc(-n2ccn(-c3cccc(Br)c3C)c2=O)cc1.Cc1ccc(I)cc1.Nc1nccc(Cl)c1[N+](=O)[O-].O=N/N=S(\O)OO.[2H][B]P. The van der Waals surface area contributed by atoms with Gasteiger partial charge in [-0.2, -0.15) is 9.12 Å². The summed E-state index contributed by atoms with van der Waals surface area (Å²) in [5.74, 6) is -0.164. The van der Waals surface area contributed by atoms with Crippen molar-refractivity contribution in [2.45, 2.75) is 135 Å². The van der Waals surface area contributed by atoms with E-state index in [1.807, 2.05) is 249 Å². The fraction of sp³-hybridized carbons (Fsp3) is 0.292. The number of halogens is 6. The summed E-state index contributed by atoms with van der Waals surface area (Å²) in [6.45, 7) is 34.9. The Kier molecular flexibility index (Phi) is 49.9. The summed E-state index contributed by atoms with van der Waals surface area (Å²) >= 11 is 19.4. The number of hydrogen-bond donors (Lipinski definition) is 8. The highest BCUT2D eigenvalue weighted by Crippen LogP contribution is 2.37. The Morgan fingerprint density at radius 2 is 1.05 bits per heavy atom. The fourth-order valence-corrected chi connectivity index (χ4v) is 13.4. The predicted molar refractivity (Wildman–Crippen MR) is 549 cm³/mol.